The summed E-state index contributed by atoms with van der Waals surface area (Å²) in [5.74, 6) is 0. The maximum Gasteiger partial charge on any atom is 0.0476 e. The van der Waals surface area contributed by atoms with Crippen LogP contribution >= 0.6 is 0 Å². The van der Waals surface area contributed by atoms with Crippen LogP contribution in [-0.4, -0.2) is 38.0 Å². The van der Waals surface area contributed by atoms with E-state index >= 15 is 0 Å². The van der Waals surface area contributed by atoms with Crippen molar-refractivity contribution in [3.05, 3.63) is 0 Å². The highest BCUT2D eigenvalue weighted by atomic mass is 16.5. The number of nitrogens with one attached hydrogen (secondary N) is 1. The standard InChI is InChI=1S/C13H29NO2/c1-5-13(6-2,8-9-15)11-14-12(3)7-10-16-4/h12,14-15H,5-11H2,1-4H3. The normalized spacial score (nSPS) is 14.1. The fraction of sp³-hybridized carbons (Fsp3) is 1.00. The summed E-state index contributed by atoms with van der Waals surface area (Å²) in [5.41, 5.74) is 0.260. The molecule has 0 fully saturated rings. The second kappa shape index (κ2) is 8.97. The van der Waals surface area contributed by atoms with Gasteiger partial charge < -0.3 is 15.2 Å². The number of hydrogen-bond donors (Lipinski definition) is 2. The molecular weight excluding hydrogens is 202 g/mol. The third-order valence-corrected chi connectivity index (χ3v) is 3.72. The van der Waals surface area contributed by atoms with Crippen molar-refractivity contribution in [2.45, 2.75) is 52.5 Å². The van der Waals surface area contributed by atoms with Crippen LogP contribution in [0.2, 0.25) is 0 Å². The van der Waals surface area contributed by atoms with E-state index in [4.69, 9.17) is 9.84 Å². The van der Waals surface area contributed by atoms with Gasteiger partial charge in [-0.25, -0.2) is 0 Å². The molecule has 0 bridgehead atoms. The average molecular weight is 231 g/mol. The van der Waals surface area contributed by atoms with Gasteiger partial charge in [0.1, 0.15) is 0 Å². The quantitative estimate of drug-likeness (QED) is 0.605. The molecule has 0 aromatic carbocycles. The summed E-state index contributed by atoms with van der Waals surface area (Å²) < 4.78 is 5.06. The van der Waals surface area contributed by atoms with E-state index in [-0.39, 0.29) is 12.0 Å². The number of hydrogen-bond acceptors (Lipinski definition) is 3. The van der Waals surface area contributed by atoms with Gasteiger partial charge in [-0.05, 0) is 38.0 Å². The molecule has 0 radical (unpaired) electrons. The lowest BCUT2D eigenvalue weighted by Gasteiger charge is -2.33. The van der Waals surface area contributed by atoms with Gasteiger partial charge >= 0.3 is 0 Å². The molecule has 98 valence electrons. The van der Waals surface area contributed by atoms with Crippen molar-refractivity contribution in [3.63, 3.8) is 0 Å². The molecule has 0 saturated heterocycles. The Kier molecular flexibility index (Phi) is 8.90. The predicted molar refractivity (Wildman–Crippen MR) is 68.7 cm³/mol. The number of aliphatic hydroxyl groups is 1. The fourth-order valence-corrected chi connectivity index (χ4v) is 1.97. The highest BCUT2D eigenvalue weighted by Gasteiger charge is 2.25. The van der Waals surface area contributed by atoms with Gasteiger partial charge in [0.05, 0.1) is 0 Å². The van der Waals surface area contributed by atoms with Crippen molar-refractivity contribution >= 4 is 0 Å². The summed E-state index contributed by atoms with van der Waals surface area (Å²) in [7, 11) is 1.74. The summed E-state index contributed by atoms with van der Waals surface area (Å²) in [5, 5.41) is 12.7. The van der Waals surface area contributed by atoms with Crippen molar-refractivity contribution in [2.24, 2.45) is 5.41 Å². The maximum atomic E-state index is 9.12. The molecule has 0 aromatic heterocycles. The molecule has 0 aromatic rings. The molecule has 3 heteroatoms. The Labute approximate surface area is 101 Å². The van der Waals surface area contributed by atoms with Gasteiger partial charge in [-0.1, -0.05) is 13.8 Å². The van der Waals surface area contributed by atoms with Crippen LogP contribution in [0.15, 0.2) is 0 Å². The highest BCUT2D eigenvalue weighted by molar-refractivity contribution is 4.80. The van der Waals surface area contributed by atoms with E-state index in [1.165, 1.54) is 0 Å². The van der Waals surface area contributed by atoms with Gasteiger partial charge in [-0.3, -0.25) is 0 Å². The molecule has 1 unspecified atom stereocenters. The zero-order chi connectivity index (χ0) is 12.4. The molecule has 1 atom stereocenters. The van der Waals surface area contributed by atoms with Crippen molar-refractivity contribution in [1.82, 2.24) is 5.32 Å². The third-order valence-electron chi connectivity index (χ3n) is 3.72. The Morgan fingerprint density at radius 2 is 1.94 bits per heavy atom. The summed E-state index contributed by atoms with van der Waals surface area (Å²) in [6.45, 7) is 8.69. The molecule has 3 nitrogen and oxygen atoms in total. The number of ether oxygens (including phenoxy) is 1. The van der Waals surface area contributed by atoms with Crippen LogP contribution in [0.1, 0.15) is 46.5 Å². The van der Waals surface area contributed by atoms with Crippen LogP contribution in [0.4, 0.5) is 0 Å². The van der Waals surface area contributed by atoms with E-state index in [0.717, 1.165) is 38.8 Å². The van der Waals surface area contributed by atoms with Gasteiger partial charge in [0.15, 0.2) is 0 Å². The van der Waals surface area contributed by atoms with Crippen LogP contribution in [-0.2, 0) is 4.74 Å². The lowest BCUT2D eigenvalue weighted by atomic mass is 9.79. The van der Waals surface area contributed by atoms with E-state index in [1.807, 2.05) is 0 Å². The second-order valence-electron chi connectivity index (χ2n) is 4.74. The van der Waals surface area contributed by atoms with Crippen LogP contribution in [0.3, 0.4) is 0 Å². The first kappa shape index (κ1) is 15.9. The lowest BCUT2D eigenvalue weighted by Crippen LogP contribution is -2.39. The topological polar surface area (TPSA) is 41.5 Å². The zero-order valence-electron chi connectivity index (χ0n) is 11.4. The van der Waals surface area contributed by atoms with Crippen molar-refractivity contribution in [2.75, 3.05) is 26.9 Å². The third kappa shape index (κ3) is 5.83. The molecular formula is C13H29NO2. The highest BCUT2D eigenvalue weighted by Crippen LogP contribution is 2.29. The Bertz CT molecular complexity index is 158. The van der Waals surface area contributed by atoms with Gasteiger partial charge in [0.25, 0.3) is 0 Å². The molecule has 0 aliphatic carbocycles. The Balaban J connectivity index is 3.99. The first-order chi connectivity index (χ1) is 7.64. The molecule has 0 rings (SSSR count). The van der Waals surface area contributed by atoms with Gasteiger partial charge in [-0.15, -0.1) is 0 Å². The maximum absolute atomic E-state index is 9.12. The fourth-order valence-electron chi connectivity index (χ4n) is 1.97. The Morgan fingerprint density at radius 3 is 2.38 bits per heavy atom. The van der Waals surface area contributed by atoms with Crippen LogP contribution in [0.5, 0.6) is 0 Å². The largest absolute Gasteiger partial charge is 0.396 e. The number of rotatable bonds is 10. The van der Waals surface area contributed by atoms with Crippen molar-refractivity contribution in [3.8, 4) is 0 Å². The summed E-state index contributed by atoms with van der Waals surface area (Å²) >= 11 is 0. The Hall–Kier alpha value is -0.120. The monoisotopic (exact) mass is 231 g/mol. The van der Waals surface area contributed by atoms with E-state index in [9.17, 15) is 0 Å². The van der Waals surface area contributed by atoms with E-state index < -0.39 is 0 Å². The van der Waals surface area contributed by atoms with Crippen molar-refractivity contribution in [1.29, 1.82) is 0 Å². The minimum Gasteiger partial charge on any atom is -0.396 e. The molecule has 0 saturated carbocycles. The molecule has 2 N–H and O–H groups in total. The number of aliphatic hydroxyl groups excluding tert-OH is 1. The molecule has 0 spiro atoms. The zero-order valence-corrected chi connectivity index (χ0v) is 11.4. The van der Waals surface area contributed by atoms with Gasteiger partial charge in [0, 0.05) is 32.9 Å². The van der Waals surface area contributed by atoms with E-state index in [1.54, 1.807) is 7.11 Å². The Morgan fingerprint density at radius 1 is 1.31 bits per heavy atom. The van der Waals surface area contributed by atoms with Gasteiger partial charge in [0.2, 0.25) is 0 Å². The molecule has 16 heavy (non-hydrogen) atoms. The second-order valence-corrected chi connectivity index (χ2v) is 4.74. The van der Waals surface area contributed by atoms with Crippen molar-refractivity contribution < 1.29 is 9.84 Å². The van der Waals surface area contributed by atoms with Gasteiger partial charge in [-0.2, -0.15) is 0 Å². The molecule has 0 amide bonds. The first-order valence-electron chi connectivity index (χ1n) is 6.47. The smallest absolute Gasteiger partial charge is 0.0476 e. The minimum absolute atomic E-state index is 0.260. The summed E-state index contributed by atoms with van der Waals surface area (Å²) in [6.07, 6.45) is 4.17. The summed E-state index contributed by atoms with van der Waals surface area (Å²) in [6, 6.07) is 0.483. The molecule has 0 aliphatic heterocycles. The molecule has 0 heterocycles. The van der Waals surface area contributed by atoms with E-state index in [0.29, 0.717) is 6.04 Å². The number of methoxy groups -OCH3 is 1. The van der Waals surface area contributed by atoms with Crippen LogP contribution in [0, 0.1) is 5.41 Å². The van der Waals surface area contributed by atoms with E-state index in [2.05, 4.69) is 26.1 Å². The molecule has 0 aliphatic rings. The minimum atomic E-state index is 0.260. The predicted octanol–water partition coefficient (Wildman–Crippen LogP) is 2.19. The lowest BCUT2D eigenvalue weighted by molar-refractivity contribution is 0.151. The first-order valence-corrected chi connectivity index (χ1v) is 6.47. The SMILES string of the molecule is CCC(CC)(CCO)CNC(C)CCOC. The van der Waals surface area contributed by atoms with Crippen LogP contribution < -0.4 is 5.32 Å². The average Bonchev–Trinajstić information content (AvgIpc) is 2.32. The van der Waals surface area contributed by atoms with Crippen LogP contribution in [0.25, 0.3) is 0 Å². The summed E-state index contributed by atoms with van der Waals surface area (Å²) in [4.78, 5) is 0.